The second kappa shape index (κ2) is 6.38. The van der Waals surface area contributed by atoms with Gasteiger partial charge in [0.05, 0.1) is 12.8 Å². The minimum atomic E-state index is -0.216. The van der Waals surface area contributed by atoms with E-state index in [4.69, 9.17) is 4.42 Å². The van der Waals surface area contributed by atoms with E-state index in [0.29, 0.717) is 6.54 Å². The standard InChI is InChI=1S/C15H19FN2O/c1-3-18(14-6-4-5-13(16)8-14)10-15-7-12(9-17-2)11-19-15/h4-8,11,17H,3,9-10H2,1-2H3. The summed E-state index contributed by atoms with van der Waals surface area (Å²) in [5.41, 5.74) is 1.99. The van der Waals surface area contributed by atoms with Crippen molar-refractivity contribution in [1.82, 2.24) is 5.32 Å². The van der Waals surface area contributed by atoms with Crippen molar-refractivity contribution in [2.45, 2.75) is 20.0 Å². The lowest BCUT2D eigenvalue weighted by Crippen LogP contribution is -2.21. The monoisotopic (exact) mass is 262 g/mol. The largest absolute Gasteiger partial charge is 0.467 e. The molecule has 0 aliphatic carbocycles. The Morgan fingerprint density at radius 1 is 1.32 bits per heavy atom. The molecule has 0 atom stereocenters. The van der Waals surface area contributed by atoms with Crippen molar-refractivity contribution in [3.63, 3.8) is 0 Å². The van der Waals surface area contributed by atoms with Gasteiger partial charge in [0.25, 0.3) is 0 Å². The molecule has 0 saturated heterocycles. The maximum Gasteiger partial charge on any atom is 0.125 e. The topological polar surface area (TPSA) is 28.4 Å². The van der Waals surface area contributed by atoms with Crippen molar-refractivity contribution in [2.24, 2.45) is 0 Å². The van der Waals surface area contributed by atoms with Crippen LogP contribution in [-0.4, -0.2) is 13.6 Å². The molecule has 1 aromatic carbocycles. The van der Waals surface area contributed by atoms with Gasteiger partial charge in [0.2, 0.25) is 0 Å². The average Bonchev–Trinajstić information content (AvgIpc) is 2.84. The lowest BCUT2D eigenvalue weighted by Gasteiger charge is -2.21. The van der Waals surface area contributed by atoms with E-state index in [1.54, 1.807) is 18.4 Å². The molecule has 0 aliphatic heterocycles. The van der Waals surface area contributed by atoms with E-state index in [-0.39, 0.29) is 5.82 Å². The van der Waals surface area contributed by atoms with Gasteiger partial charge in [-0.25, -0.2) is 4.39 Å². The Labute approximate surface area is 113 Å². The Morgan fingerprint density at radius 3 is 2.84 bits per heavy atom. The summed E-state index contributed by atoms with van der Waals surface area (Å²) in [5.74, 6) is 0.669. The zero-order valence-corrected chi connectivity index (χ0v) is 11.3. The van der Waals surface area contributed by atoms with Gasteiger partial charge in [-0.1, -0.05) is 6.07 Å². The molecular weight excluding hydrogens is 243 g/mol. The summed E-state index contributed by atoms with van der Waals surface area (Å²) in [6, 6.07) is 8.65. The fourth-order valence-corrected chi connectivity index (χ4v) is 2.05. The van der Waals surface area contributed by atoms with Crippen LogP contribution >= 0.6 is 0 Å². The van der Waals surface area contributed by atoms with E-state index in [2.05, 4.69) is 10.2 Å². The van der Waals surface area contributed by atoms with Gasteiger partial charge in [0, 0.05) is 24.3 Å². The minimum Gasteiger partial charge on any atom is -0.467 e. The zero-order valence-electron chi connectivity index (χ0n) is 11.3. The fourth-order valence-electron chi connectivity index (χ4n) is 2.05. The second-order valence-electron chi connectivity index (χ2n) is 4.45. The molecule has 2 rings (SSSR count). The first-order valence-electron chi connectivity index (χ1n) is 6.44. The highest BCUT2D eigenvalue weighted by atomic mass is 19.1. The SMILES string of the molecule is CCN(Cc1cc(CNC)co1)c1cccc(F)c1. The molecular formula is C15H19FN2O. The third-order valence-corrected chi connectivity index (χ3v) is 2.99. The molecule has 0 amide bonds. The molecule has 1 N–H and O–H groups in total. The summed E-state index contributed by atoms with van der Waals surface area (Å²) in [4.78, 5) is 2.07. The van der Waals surface area contributed by atoms with Crippen LogP contribution in [0.15, 0.2) is 41.0 Å². The number of hydrogen-bond donors (Lipinski definition) is 1. The number of benzene rings is 1. The van der Waals surface area contributed by atoms with E-state index >= 15 is 0 Å². The molecule has 2 aromatic rings. The van der Waals surface area contributed by atoms with Crippen molar-refractivity contribution >= 4 is 5.69 Å². The van der Waals surface area contributed by atoms with E-state index in [0.717, 1.165) is 30.1 Å². The number of halogens is 1. The van der Waals surface area contributed by atoms with Crippen LogP contribution in [0, 0.1) is 5.82 Å². The van der Waals surface area contributed by atoms with Crippen LogP contribution in [0.2, 0.25) is 0 Å². The Kier molecular flexibility index (Phi) is 4.58. The second-order valence-corrected chi connectivity index (χ2v) is 4.45. The van der Waals surface area contributed by atoms with E-state index in [1.165, 1.54) is 6.07 Å². The van der Waals surface area contributed by atoms with Gasteiger partial charge < -0.3 is 14.6 Å². The molecule has 1 heterocycles. The molecule has 3 nitrogen and oxygen atoms in total. The maximum atomic E-state index is 13.2. The maximum absolute atomic E-state index is 13.2. The first kappa shape index (κ1) is 13.6. The van der Waals surface area contributed by atoms with Gasteiger partial charge in [-0.05, 0) is 38.2 Å². The normalized spacial score (nSPS) is 10.7. The lowest BCUT2D eigenvalue weighted by atomic mass is 10.2. The van der Waals surface area contributed by atoms with E-state index in [1.807, 2.05) is 26.1 Å². The van der Waals surface area contributed by atoms with Crippen LogP contribution < -0.4 is 10.2 Å². The molecule has 0 saturated carbocycles. The van der Waals surface area contributed by atoms with Crippen LogP contribution in [0.4, 0.5) is 10.1 Å². The summed E-state index contributed by atoms with van der Waals surface area (Å²) in [5, 5.41) is 3.08. The van der Waals surface area contributed by atoms with Crippen LogP contribution in [-0.2, 0) is 13.1 Å². The van der Waals surface area contributed by atoms with Gasteiger partial charge >= 0.3 is 0 Å². The summed E-state index contributed by atoms with van der Waals surface area (Å²) in [6.45, 7) is 4.27. The molecule has 0 unspecified atom stereocenters. The summed E-state index contributed by atoms with van der Waals surface area (Å²) >= 11 is 0. The quantitative estimate of drug-likeness (QED) is 0.866. The predicted octanol–water partition coefficient (Wildman–Crippen LogP) is 3.16. The number of rotatable bonds is 6. The van der Waals surface area contributed by atoms with Gasteiger partial charge in [0.15, 0.2) is 0 Å². The molecule has 0 bridgehead atoms. The number of nitrogens with one attached hydrogen (secondary N) is 1. The molecule has 4 heteroatoms. The number of hydrogen-bond acceptors (Lipinski definition) is 3. The van der Waals surface area contributed by atoms with Gasteiger partial charge in [-0.15, -0.1) is 0 Å². The number of furan rings is 1. The molecule has 102 valence electrons. The average molecular weight is 262 g/mol. The van der Waals surface area contributed by atoms with Crippen LogP contribution in [0.5, 0.6) is 0 Å². The van der Waals surface area contributed by atoms with Crippen LogP contribution in [0.3, 0.4) is 0 Å². The van der Waals surface area contributed by atoms with Gasteiger partial charge in [-0.2, -0.15) is 0 Å². The first-order chi connectivity index (χ1) is 9.22. The highest BCUT2D eigenvalue weighted by molar-refractivity contribution is 5.46. The third-order valence-electron chi connectivity index (χ3n) is 2.99. The molecule has 0 fully saturated rings. The van der Waals surface area contributed by atoms with Gasteiger partial charge in [0.1, 0.15) is 11.6 Å². The lowest BCUT2D eigenvalue weighted by molar-refractivity contribution is 0.501. The van der Waals surface area contributed by atoms with Crippen LogP contribution in [0.25, 0.3) is 0 Å². The molecule has 0 aliphatic rings. The molecule has 0 radical (unpaired) electrons. The molecule has 0 spiro atoms. The summed E-state index contributed by atoms with van der Waals surface area (Å²) in [7, 11) is 1.90. The Morgan fingerprint density at radius 2 is 2.16 bits per heavy atom. The third kappa shape index (κ3) is 3.58. The van der Waals surface area contributed by atoms with Crippen LogP contribution in [0.1, 0.15) is 18.2 Å². The minimum absolute atomic E-state index is 0.216. The fraction of sp³-hybridized carbons (Fsp3) is 0.333. The van der Waals surface area contributed by atoms with Crippen molar-refractivity contribution < 1.29 is 8.81 Å². The van der Waals surface area contributed by atoms with Crippen molar-refractivity contribution in [1.29, 1.82) is 0 Å². The predicted molar refractivity (Wildman–Crippen MR) is 74.6 cm³/mol. The summed E-state index contributed by atoms with van der Waals surface area (Å²) in [6.07, 6.45) is 1.76. The van der Waals surface area contributed by atoms with Crippen molar-refractivity contribution in [3.8, 4) is 0 Å². The Hall–Kier alpha value is -1.81. The smallest absolute Gasteiger partial charge is 0.125 e. The van der Waals surface area contributed by atoms with Crippen molar-refractivity contribution in [3.05, 3.63) is 53.7 Å². The van der Waals surface area contributed by atoms with Gasteiger partial charge in [-0.3, -0.25) is 0 Å². The van der Waals surface area contributed by atoms with E-state index < -0.39 is 0 Å². The first-order valence-corrected chi connectivity index (χ1v) is 6.44. The van der Waals surface area contributed by atoms with E-state index in [9.17, 15) is 4.39 Å². The molecule has 19 heavy (non-hydrogen) atoms. The number of anilines is 1. The number of nitrogens with zero attached hydrogens (tertiary/aromatic N) is 1. The zero-order chi connectivity index (χ0) is 13.7. The Balaban J connectivity index is 2.09. The molecule has 1 aromatic heterocycles. The summed E-state index contributed by atoms with van der Waals surface area (Å²) < 4.78 is 18.8. The highest BCUT2D eigenvalue weighted by Crippen LogP contribution is 2.19. The highest BCUT2D eigenvalue weighted by Gasteiger charge is 2.09. The Bertz CT molecular complexity index is 524. The van der Waals surface area contributed by atoms with Crippen molar-refractivity contribution in [2.75, 3.05) is 18.5 Å².